The van der Waals surface area contributed by atoms with E-state index in [1.165, 1.54) is 0 Å². The Hall–Kier alpha value is -2.88. The second kappa shape index (κ2) is 7.59. The predicted octanol–water partition coefficient (Wildman–Crippen LogP) is 3.78. The number of nitrogens with one attached hydrogen (secondary N) is 1. The Morgan fingerprint density at radius 3 is 2.54 bits per heavy atom. The minimum Gasteiger partial charge on any atom is -0.494 e. The van der Waals surface area contributed by atoms with E-state index in [-0.39, 0.29) is 5.91 Å². The monoisotopic (exact) mass is 320 g/mol. The molecule has 2 aromatic rings. The van der Waals surface area contributed by atoms with Crippen molar-refractivity contribution in [1.82, 2.24) is 5.32 Å². The Morgan fingerprint density at radius 2 is 1.83 bits per heavy atom. The molecule has 3 rings (SSSR count). The fraction of sp³-hybridized carbons (Fsp3) is 0.200. The van der Waals surface area contributed by atoms with Crippen LogP contribution in [-0.4, -0.2) is 18.3 Å². The minimum atomic E-state index is -0.183. The van der Waals surface area contributed by atoms with E-state index in [0.717, 1.165) is 36.3 Å². The zero-order valence-electron chi connectivity index (χ0n) is 13.7. The normalized spacial score (nSPS) is 15.3. The first kappa shape index (κ1) is 16.0. The van der Waals surface area contributed by atoms with Crippen molar-refractivity contribution < 1.29 is 9.53 Å². The fourth-order valence-corrected chi connectivity index (χ4v) is 2.35. The molecule has 4 heteroatoms. The molecule has 0 atom stereocenters. The third-order valence-corrected chi connectivity index (χ3v) is 3.69. The van der Waals surface area contributed by atoms with Crippen molar-refractivity contribution in [2.24, 2.45) is 4.99 Å². The summed E-state index contributed by atoms with van der Waals surface area (Å²) in [7, 11) is 0. The molecule has 1 heterocycles. The molecule has 1 aliphatic heterocycles. The van der Waals surface area contributed by atoms with Gasteiger partial charge in [-0.1, -0.05) is 55.8 Å². The highest BCUT2D eigenvalue weighted by Crippen LogP contribution is 2.18. The Morgan fingerprint density at radius 1 is 1.08 bits per heavy atom. The van der Waals surface area contributed by atoms with E-state index < -0.39 is 0 Å². The molecule has 0 saturated carbocycles. The maximum Gasteiger partial charge on any atom is 0.275 e. The van der Waals surface area contributed by atoms with Crippen LogP contribution in [0.3, 0.4) is 0 Å². The highest BCUT2D eigenvalue weighted by atomic mass is 16.5. The molecule has 0 unspecified atom stereocenters. The summed E-state index contributed by atoms with van der Waals surface area (Å²) < 4.78 is 5.64. The van der Waals surface area contributed by atoms with Gasteiger partial charge < -0.3 is 10.1 Å². The van der Waals surface area contributed by atoms with Gasteiger partial charge in [-0.15, -0.1) is 0 Å². The number of hydrogen-bond acceptors (Lipinski definition) is 3. The predicted molar refractivity (Wildman–Crippen MR) is 95.9 cm³/mol. The van der Waals surface area contributed by atoms with Crippen molar-refractivity contribution >= 4 is 17.8 Å². The number of aliphatic imine (C=N–C) groups is 1. The molecule has 0 saturated heterocycles. The molecule has 1 N–H and O–H groups in total. The van der Waals surface area contributed by atoms with E-state index in [4.69, 9.17) is 4.74 Å². The van der Waals surface area contributed by atoms with E-state index in [1.807, 2.05) is 54.6 Å². The average Bonchev–Trinajstić information content (AvgIpc) is 2.98. The molecular weight excluding hydrogens is 300 g/mol. The lowest BCUT2D eigenvalue weighted by atomic mass is 10.2. The first-order valence-corrected chi connectivity index (χ1v) is 8.16. The van der Waals surface area contributed by atoms with Crippen LogP contribution in [0.2, 0.25) is 0 Å². The summed E-state index contributed by atoms with van der Waals surface area (Å²) in [5.74, 6) is 1.25. The molecule has 4 nitrogen and oxygen atoms in total. The number of amidine groups is 1. The molecule has 0 aliphatic carbocycles. The number of nitrogens with zero attached hydrogens (tertiary/aromatic N) is 1. The van der Waals surface area contributed by atoms with E-state index in [9.17, 15) is 4.79 Å². The minimum absolute atomic E-state index is 0.183. The summed E-state index contributed by atoms with van der Waals surface area (Å²) >= 11 is 0. The van der Waals surface area contributed by atoms with Crippen LogP contribution in [0, 0.1) is 0 Å². The Labute approximate surface area is 141 Å². The second-order valence-corrected chi connectivity index (χ2v) is 5.58. The summed E-state index contributed by atoms with van der Waals surface area (Å²) in [5, 5.41) is 2.80. The second-order valence-electron chi connectivity index (χ2n) is 5.58. The number of unbranched alkanes of at least 4 members (excludes halogenated alkanes) is 1. The molecule has 0 spiro atoms. The van der Waals surface area contributed by atoms with Crippen molar-refractivity contribution in [1.29, 1.82) is 0 Å². The zero-order chi connectivity index (χ0) is 16.8. The first-order valence-electron chi connectivity index (χ1n) is 8.16. The largest absolute Gasteiger partial charge is 0.494 e. The third-order valence-electron chi connectivity index (χ3n) is 3.69. The van der Waals surface area contributed by atoms with E-state index in [2.05, 4.69) is 17.2 Å². The molecule has 1 amide bonds. The molecular formula is C20H20N2O2. The van der Waals surface area contributed by atoms with Gasteiger partial charge in [0.25, 0.3) is 5.91 Å². The van der Waals surface area contributed by atoms with E-state index in [0.29, 0.717) is 11.5 Å². The van der Waals surface area contributed by atoms with Gasteiger partial charge in [0.15, 0.2) is 0 Å². The van der Waals surface area contributed by atoms with Crippen LogP contribution in [0.1, 0.15) is 30.9 Å². The number of carbonyl (C=O) groups is 1. The van der Waals surface area contributed by atoms with E-state index >= 15 is 0 Å². The molecule has 24 heavy (non-hydrogen) atoms. The smallest absolute Gasteiger partial charge is 0.275 e. The lowest BCUT2D eigenvalue weighted by molar-refractivity contribution is -0.115. The maximum atomic E-state index is 12.1. The van der Waals surface area contributed by atoms with Crippen molar-refractivity contribution in [3.05, 3.63) is 71.4 Å². The van der Waals surface area contributed by atoms with Gasteiger partial charge in [-0.25, -0.2) is 4.99 Å². The van der Waals surface area contributed by atoms with Gasteiger partial charge in [0.05, 0.1) is 6.61 Å². The molecule has 122 valence electrons. The van der Waals surface area contributed by atoms with Gasteiger partial charge in [0, 0.05) is 5.56 Å². The first-order chi connectivity index (χ1) is 11.8. The van der Waals surface area contributed by atoms with Gasteiger partial charge in [0.1, 0.15) is 17.3 Å². The Balaban J connectivity index is 1.73. The molecule has 0 bridgehead atoms. The number of carbonyl (C=O) groups excluding carboxylic acids is 1. The van der Waals surface area contributed by atoms with Crippen molar-refractivity contribution in [3.63, 3.8) is 0 Å². The van der Waals surface area contributed by atoms with Crippen LogP contribution in [0.4, 0.5) is 0 Å². The Kier molecular flexibility index (Phi) is 5.06. The van der Waals surface area contributed by atoms with Gasteiger partial charge in [0.2, 0.25) is 0 Å². The molecule has 2 aromatic carbocycles. The lowest BCUT2D eigenvalue weighted by Gasteiger charge is -2.05. The van der Waals surface area contributed by atoms with Crippen LogP contribution >= 0.6 is 0 Å². The molecule has 1 aliphatic rings. The number of ether oxygens (including phenoxy) is 1. The van der Waals surface area contributed by atoms with Gasteiger partial charge >= 0.3 is 0 Å². The molecule has 0 aromatic heterocycles. The van der Waals surface area contributed by atoms with Crippen LogP contribution < -0.4 is 10.1 Å². The van der Waals surface area contributed by atoms with Crippen LogP contribution in [0.15, 0.2) is 65.3 Å². The van der Waals surface area contributed by atoms with Crippen LogP contribution in [0.5, 0.6) is 5.75 Å². The van der Waals surface area contributed by atoms with Gasteiger partial charge in [-0.05, 0) is 30.2 Å². The van der Waals surface area contributed by atoms with Gasteiger partial charge in [-0.3, -0.25) is 4.79 Å². The summed E-state index contributed by atoms with van der Waals surface area (Å²) in [5.41, 5.74) is 2.23. The SMILES string of the molecule is CCCCOc1ccc(/C=C2\N=C(c3ccccc3)NC2=O)cc1. The number of amides is 1. The van der Waals surface area contributed by atoms with Crippen molar-refractivity contribution in [2.75, 3.05) is 6.61 Å². The average molecular weight is 320 g/mol. The number of hydrogen-bond donors (Lipinski definition) is 1. The standard InChI is InChI=1S/C20H20N2O2/c1-2-3-13-24-17-11-9-15(10-12-17)14-18-20(23)22-19(21-18)16-7-5-4-6-8-16/h4-12,14H,2-3,13H2,1H3,(H,21,22,23)/b18-14-. The molecule has 0 fully saturated rings. The van der Waals surface area contributed by atoms with E-state index in [1.54, 1.807) is 6.08 Å². The maximum absolute atomic E-state index is 12.1. The third kappa shape index (κ3) is 3.90. The summed E-state index contributed by atoms with van der Waals surface area (Å²) in [6.45, 7) is 2.86. The quantitative estimate of drug-likeness (QED) is 0.650. The van der Waals surface area contributed by atoms with Crippen molar-refractivity contribution in [2.45, 2.75) is 19.8 Å². The van der Waals surface area contributed by atoms with Crippen LogP contribution in [-0.2, 0) is 4.79 Å². The van der Waals surface area contributed by atoms with Gasteiger partial charge in [-0.2, -0.15) is 0 Å². The highest BCUT2D eigenvalue weighted by molar-refractivity contribution is 6.19. The van der Waals surface area contributed by atoms with Crippen LogP contribution in [0.25, 0.3) is 6.08 Å². The van der Waals surface area contributed by atoms with Crippen molar-refractivity contribution in [3.8, 4) is 5.75 Å². The lowest BCUT2D eigenvalue weighted by Crippen LogP contribution is -2.24. The molecule has 0 radical (unpaired) electrons. The highest BCUT2D eigenvalue weighted by Gasteiger charge is 2.20. The summed E-state index contributed by atoms with van der Waals surface area (Å²) in [4.78, 5) is 16.5. The topological polar surface area (TPSA) is 50.7 Å². The number of rotatable bonds is 6. The Bertz CT molecular complexity index is 762. The summed E-state index contributed by atoms with van der Waals surface area (Å²) in [6.07, 6.45) is 3.94. The fourth-order valence-electron chi connectivity index (χ4n) is 2.35. The summed E-state index contributed by atoms with van der Waals surface area (Å²) in [6, 6.07) is 17.3. The zero-order valence-corrected chi connectivity index (χ0v) is 13.7. The number of benzene rings is 2.